The van der Waals surface area contributed by atoms with Gasteiger partial charge < -0.3 is 10.5 Å². The second-order valence-electron chi connectivity index (χ2n) is 4.98. The number of hydrogen-bond acceptors (Lipinski definition) is 3. The largest absolute Gasteiger partial charge is 0.377 e. The molecule has 1 heterocycles. The van der Waals surface area contributed by atoms with E-state index in [1.165, 1.54) is 12.1 Å². The van der Waals surface area contributed by atoms with Gasteiger partial charge >= 0.3 is 0 Å². The topological polar surface area (TPSA) is 38.5 Å². The molecule has 1 aromatic rings. The van der Waals surface area contributed by atoms with Crippen molar-refractivity contribution < 1.29 is 9.13 Å². The minimum Gasteiger partial charge on any atom is -0.377 e. The predicted octanol–water partition coefficient (Wildman–Crippen LogP) is 2.59. The summed E-state index contributed by atoms with van der Waals surface area (Å²) in [6.07, 6.45) is 1.13. The van der Waals surface area contributed by atoms with Gasteiger partial charge in [0, 0.05) is 37.3 Å². The molecule has 5 heteroatoms. The third kappa shape index (κ3) is 3.89. The molecule has 2 atom stereocenters. The Morgan fingerprint density at radius 1 is 1.53 bits per heavy atom. The average Bonchev–Trinajstić information content (AvgIpc) is 2.54. The van der Waals surface area contributed by atoms with Crippen LogP contribution in [0.15, 0.2) is 18.2 Å². The molecule has 2 N–H and O–H groups in total. The van der Waals surface area contributed by atoms with Crippen LogP contribution in [-0.4, -0.2) is 37.2 Å². The Morgan fingerprint density at radius 3 is 3.00 bits per heavy atom. The third-order valence-electron chi connectivity index (χ3n) is 3.42. The summed E-state index contributed by atoms with van der Waals surface area (Å²) < 4.78 is 19.1. The quantitative estimate of drug-likeness (QED) is 0.928. The van der Waals surface area contributed by atoms with Crippen LogP contribution in [0.25, 0.3) is 0 Å². The number of hydrogen-bond donors (Lipinski definition) is 1. The van der Waals surface area contributed by atoms with Crippen LogP contribution in [0.4, 0.5) is 4.39 Å². The average molecular weight is 287 g/mol. The molecule has 2 rings (SSSR count). The fourth-order valence-corrected chi connectivity index (χ4v) is 2.80. The summed E-state index contributed by atoms with van der Waals surface area (Å²) in [5, 5.41) is 0.410. The molecule has 19 heavy (non-hydrogen) atoms. The zero-order valence-electron chi connectivity index (χ0n) is 11.1. The van der Waals surface area contributed by atoms with E-state index in [-0.39, 0.29) is 18.0 Å². The van der Waals surface area contributed by atoms with E-state index < -0.39 is 0 Å². The zero-order valence-corrected chi connectivity index (χ0v) is 11.9. The summed E-state index contributed by atoms with van der Waals surface area (Å²) in [6.45, 7) is 4.95. The van der Waals surface area contributed by atoms with E-state index in [1.807, 2.05) is 6.92 Å². The first-order valence-electron chi connectivity index (χ1n) is 6.62. The summed E-state index contributed by atoms with van der Waals surface area (Å²) >= 11 is 5.93. The molecule has 0 radical (unpaired) electrons. The van der Waals surface area contributed by atoms with Crippen LogP contribution in [0.2, 0.25) is 5.02 Å². The normalized spacial score (nSPS) is 23.1. The number of nitrogens with zero attached hydrogens (tertiary/aromatic N) is 1. The minimum absolute atomic E-state index is 0.0163. The van der Waals surface area contributed by atoms with Crippen molar-refractivity contribution in [2.45, 2.75) is 25.5 Å². The summed E-state index contributed by atoms with van der Waals surface area (Å²) in [6, 6.07) is 4.60. The molecule has 0 bridgehead atoms. The molecule has 0 aliphatic carbocycles. The fourth-order valence-electron chi connectivity index (χ4n) is 2.57. The Morgan fingerprint density at radius 2 is 2.32 bits per heavy atom. The van der Waals surface area contributed by atoms with Crippen molar-refractivity contribution in [1.29, 1.82) is 0 Å². The standard InChI is InChI=1S/C14H20ClFN2O/c1-10-9-18(3-2-4-19-10)14(8-17)11-5-12(15)7-13(16)6-11/h5-7,10,14H,2-4,8-9,17H2,1H3. The van der Waals surface area contributed by atoms with E-state index in [9.17, 15) is 4.39 Å². The highest BCUT2D eigenvalue weighted by Crippen LogP contribution is 2.25. The van der Waals surface area contributed by atoms with Gasteiger partial charge in [0.05, 0.1) is 6.10 Å². The Balaban J connectivity index is 2.22. The van der Waals surface area contributed by atoms with Crippen molar-refractivity contribution in [2.75, 3.05) is 26.2 Å². The molecule has 1 fully saturated rings. The van der Waals surface area contributed by atoms with Gasteiger partial charge in [-0.2, -0.15) is 0 Å². The van der Waals surface area contributed by atoms with Crippen molar-refractivity contribution in [1.82, 2.24) is 4.90 Å². The molecule has 2 unspecified atom stereocenters. The lowest BCUT2D eigenvalue weighted by atomic mass is 10.0. The molecule has 1 aromatic carbocycles. The molecule has 106 valence electrons. The van der Waals surface area contributed by atoms with Gasteiger partial charge in [-0.1, -0.05) is 11.6 Å². The number of benzene rings is 1. The maximum absolute atomic E-state index is 13.5. The maximum atomic E-state index is 13.5. The van der Waals surface area contributed by atoms with Gasteiger partial charge in [0.15, 0.2) is 0 Å². The fraction of sp³-hybridized carbons (Fsp3) is 0.571. The molecule has 1 aliphatic heterocycles. The molecular formula is C14H20ClFN2O. The van der Waals surface area contributed by atoms with E-state index >= 15 is 0 Å². The van der Waals surface area contributed by atoms with Crippen molar-refractivity contribution in [3.8, 4) is 0 Å². The van der Waals surface area contributed by atoms with Gasteiger partial charge in [-0.15, -0.1) is 0 Å². The smallest absolute Gasteiger partial charge is 0.125 e. The SMILES string of the molecule is CC1CN(C(CN)c2cc(F)cc(Cl)c2)CCCO1. The maximum Gasteiger partial charge on any atom is 0.125 e. The second-order valence-corrected chi connectivity index (χ2v) is 5.42. The van der Waals surface area contributed by atoms with Crippen LogP contribution in [-0.2, 0) is 4.74 Å². The van der Waals surface area contributed by atoms with Crippen LogP contribution in [0, 0.1) is 5.82 Å². The molecular weight excluding hydrogens is 267 g/mol. The lowest BCUT2D eigenvalue weighted by molar-refractivity contribution is 0.0611. The Labute approximate surface area is 118 Å². The van der Waals surface area contributed by atoms with Crippen LogP contribution in [0.5, 0.6) is 0 Å². The van der Waals surface area contributed by atoms with Crippen molar-refractivity contribution >= 4 is 11.6 Å². The molecule has 3 nitrogen and oxygen atoms in total. The summed E-state index contributed by atoms with van der Waals surface area (Å²) in [7, 11) is 0. The molecule has 0 saturated carbocycles. The number of ether oxygens (including phenoxy) is 1. The number of rotatable bonds is 3. The molecule has 1 saturated heterocycles. The number of halogens is 2. The Kier molecular flexibility index (Phi) is 5.16. The Hall–Kier alpha value is -0.680. The first-order chi connectivity index (χ1) is 9.10. The molecule has 1 aliphatic rings. The van der Waals surface area contributed by atoms with E-state index in [2.05, 4.69) is 4.90 Å². The van der Waals surface area contributed by atoms with Crippen LogP contribution >= 0.6 is 11.6 Å². The zero-order chi connectivity index (χ0) is 13.8. The monoisotopic (exact) mass is 286 g/mol. The van der Waals surface area contributed by atoms with Gasteiger partial charge in [0.25, 0.3) is 0 Å². The van der Waals surface area contributed by atoms with Crippen molar-refractivity contribution in [2.24, 2.45) is 5.73 Å². The second kappa shape index (κ2) is 6.66. The minimum atomic E-state index is -0.319. The summed E-state index contributed by atoms with van der Waals surface area (Å²) in [5.74, 6) is -0.319. The van der Waals surface area contributed by atoms with E-state index in [1.54, 1.807) is 6.07 Å². The first kappa shape index (κ1) is 14.7. The highest BCUT2D eigenvalue weighted by molar-refractivity contribution is 6.30. The van der Waals surface area contributed by atoms with Crippen LogP contribution in [0.1, 0.15) is 24.9 Å². The van der Waals surface area contributed by atoms with E-state index in [0.717, 1.165) is 31.7 Å². The van der Waals surface area contributed by atoms with Gasteiger partial charge in [-0.3, -0.25) is 4.90 Å². The summed E-state index contributed by atoms with van der Waals surface area (Å²) in [5.41, 5.74) is 6.72. The highest BCUT2D eigenvalue weighted by Gasteiger charge is 2.23. The first-order valence-corrected chi connectivity index (χ1v) is 6.99. The third-order valence-corrected chi connectivity index (χ3v) is 3.64. The van der Waals surface area contributed by atoms with E-state index in [4.69, 9.17) is 22.1 Å². The highest BCUT2D eigenvalue weighted by atomic mass is 35.5. The van der Waals surface area contributed by atoms with Gasteiger partial charge in [0.2, 0.25) is 0 Å². The predicted molar refractivity (Wildman–Crippen MR) is 74.8 cm³/mol. The van der Waals surface area contributed by atoms with Gasteiger partial charge in [-0.05, 0) is 37.1 Å². The van der Waals surface area contributed by atoms with Crippen molar-refractivity contribution in [3.05, 3.63) is 34.6 Å². The lowest BCUT2D eigenvalue weighted by Crippen LogP contribution is -2.37. The van der Waals surface area contributed by atoms with Crippen LogP contribution in [0.3, 0.4) is 0 Å². The van der Waals surface area contributed by atoms with Gasteiger partial charge in [-0.25, -0.2) is 4.39 Å². The molecule has 0 aromatic heterocycles. The van der Waals surface area contributed by atoms with Crippen molar-refractivity contribution in [3.63, 3.8) is 0 Å². The molecule has 0 spiro atoms. The van der Waals surface area contributed by atoms with E-state index in [0.29, 0.717) is 11.6 Å². The molecule has 0 amide bonds. The van der Waals surface area contributed by atoms with Gasteiger partial charge in [0.1, 0.15) is 5.82 Å². The Bertz CT molecular complexity index is 410. The number of nitrogens with two attached hydrogens (primary N) is 1. The summed E-state index contributed by atoms with van der Waals surface area (Å²) in [4.78, 5) is 2.25. The lowest BCUT2D eigenvalue weighted by Gasteiger charge is -2.31. The van der Waals surface area contributed by atoms with Crippen LogP contribution < -0.4 is 5.73 Å².